The van der Waals surface area contributed by atoms with Crippen molar-refractivity contribution < 1.29 is 4.79 Å². The lowest BCUT2D eigenvalue weighted by molar-refractivity contribution is -0.127. The van der Waals surface area contributed by atoms with Gasteiger partial charge in [0.15, 0.2) is 0 Å². The lowest BCUT2D eigenvalue weighted by Crippen LogP contribution is -2.23. The summed E-state index contributed by atoms with van der Waals surface area (Å²) in [6.07, 6.45) is 8.48. The molecule has 1 N–H and O–H groups in total. The molecule has 0 unspecified atom stereocenters. The van der Waals surface area contributed by atoms with Crippen LogP contribution in [-0.2, 0) is 11.2 Å². The van der Waals surface area contributed by atoms with Gasteiger partial charge in [0.25, 0.3) is 0 Å². The molecule has 1 aromatic rings. The molecule has 0 radical (unpaired) electrons. The van der Waals surface area contributed by atoms with Crippen LogP contribution >= 0.6 is 0 Å². The van der Waals surface area contributed by atoms with Gasteiger partial charge in [-0.05, 0) is 30.5 Å². The first-order valence-electron chi connectivity index (χ1n) is 7.71. The molecule has 110 valence electrons. The summed E-state index contributed by atoms with van der Waals surface area (Å²) in [5.74, 6) is 0.148. The lowest BCUT2D eigenvalue weighted by atomic mass is 10.1. The average molecular weight is 274 g/mol. The SMILES string of the molecule is CN(C)C(=O)Cc1ccc(NC2CCCCCC2)cc1. The normalized spacial score (nSPS) is 16.5. The summed E-state index contributed by atoms with van der Waals surface area (Å²) < 4.78 is 0. The zero-order valence-corrected chi connectivity index (χ0v) is 12.7. The third-order valence-corrected chi connectivity index (χ3v) is 4.03. The summed E-state index contributed by atoms with van der Waals surface area (Å²) >= 11 is 0. The molecule has 0 aromatic heterocycles. The highest BCUT2D eigenvalue weighted by molar-refractivity contribution is 5.78. The van der Waals surface area contributed by atoms with Crippen LogP contribution < -0.4 is 5.32 Å². The zero-order valence-electron chi connectivity index (χ0n) is 12.7. The Morgan fingerprint density at radius 2 is 1.70 bits per heavy atom. The average Bonchev–Trinajstić information content (AvgIpc) is 2.69. The number of nitrogens with zero attached hydrogens (tertiary/aromatic N) is 1. The molecule has 1 saturated carbocycles. The monoisotopic (exact) mass is 274 g/mol. The predicted molar refractivity (Wildman–Crippen MR) is 84.0 cm³/mol. The van der Waals surface area contributed by atoms with Crippen LogP contribution in [0.2, 0.25) is 0 Å². The molecule has 3 heteroatoms. The second-order valence-electron chi connectivity index (χ2n) is 5.99. The Labute approximate surface area is 122 Å². The van der Waals surface area contributed by atoms with Crippen LogP contribution in [0, 0.1) is 0 Å². The van der Waals surface area contributed by atoms with Gasteiger partial charge < -0.3 is 10.2 Å². The third kappa shape index (κ3) is 4.55. The van der Waals surface area contributed by atoms with Crippen molar-refractivity contribution in [3.05, 3.63) is 29.8 Å². The van der Waals surface area contributed by atoms with E-state index in [1.54, 1.807) is 19.0 Å². The number of carbonyl (C=O) groups excluding carboxylic acids is 1. The van der Waals surface area contributed by atoms with E-state index < -0.39 is 0 Å². The molecule has 20 heavy (non-hydrogen) atoms. The van der Waals surface area contributed by atoms with Gasteiger partial charge in [-0.1, -0.05) is 37.8 Å². The number of likely N-dealkylation sites (N-methyl/N-ethyl adjacent to an activating group) is 1. The van der Waals surface area contributed by atoms with Gasteiger partial charge in [0, 0.05) is 25.8 Å². The molecule has 0 saturated heterocycles. The fraction of sp³-hybridized carbons (Fsp3) is 0.588. The van der Waals surface area contributed by atoms with Crippen molar-refractivity contribution in [3.63, 3.8) is 0 Å². The number of benzene rings is 1. The van der Waals surface area contributed by atoms with E-state index in [0.29, 0.717) is 12.5 Å². The first kappa shape index (κ1) is 14.9. The minimum atomic E-state index is 0.148. The highest BCUT2D eigenvalue weighted by atomic mass is 16.2. The van der Waals surface area contributed by atoms with Gasteiger partial charge in [-0.2, -0.15) is 0 Å². The van der Waals surface area contributed by atoms with Crippen molar-refractivity contribution in [2.75, 3.05) is 19.4 Å². The quantitative estimate of drug-likeness (QED) is 0.853. The molecule has 1 fully saturated rings. The zero-order chi connectivity index (χ0) is 14.4. The molecule has 1 aliphatic rings. The minimum absolute atomic E-state index is 0.148. The van der Waals surface area contributed by atoms with Crippen LogP contribution in [0.5, 0.6) is 0 Å². The van der Waals surface area contributed by atoms with E-state index in [2.05, 4.69) is 29.6 Å². The van der Waals surface area contributed by atoms with Crippen molar-refractivity contribution in [1.29, 1.82) is 0 Å². The van der Waals surface area contributed by atoms with Crippen LogP contribution in [0.3, 0.4) is 0 Å². The Morgan fingerprint density at radius 1 is 1.10 bits per heavy atom. The predicted octanol–water partition coefficient (Wildman–Crippen LogP) is 3.45. The topological polar surface area (TPSA) is 32.3 Å². The number of carbonyl (C=O) groups is 1. The Kier molecular flexibility index (Phi) is 5.45. The van der Waals surface area contributed by atoms with Gasteiger partial charge in [-0.25, -0.2) is 0 Å². The van der Waals surface area contributed by atoms with Crippen molar-refractivity contribution in [2.24, 2.45) is 0 Å². The van der Waals surface area contributed by atoms with E-state index in [9.17, 15) is 4.79 Å². The third-order valence-electron chi connectivity index (χ3n) is 4.03. The fourth-order valence-corrected chi connectivity index (χ4v) is 2.71. The van der Waals surface area contributed by atoms with Crippen molar-refractivity contribution >= 4 is 11.6 Å². The molecule has 2 rings (SSSR count). The number of amides is 1. The number of hydrogen-bond acceptors (Lipinski definition) is 2. The van der Waals surface area contributed by atoms with E-state index in [1.165, 1.54) is 44.2 Å². The number of hydrogen-bond donors (Lipinski definition) is 1. The minimum Gasteiger partial charge on any atom is -0.382 e. The van der Waals surface area contributed by atoms with E-state index in [-0.39, 0.29) is 5.91 Å². The summed E-state index contributed by atoms with van der Waals surface area (Å²) in [5.41, 5.74) is 2.26. The fourth-order valence-electron chi connectivity index (χ4n) is 2.71. The van der Waals surface area contributed by atoms with Crippen molar-refractivity contribution in [3.8, 4) is 0 Å². The van der Waals surface area contributed by atoms with Crippen LogP contribution in [0.25, 0.3) is 0 Å². The van der Waals surface area contributed by atoms with Crippen LogP contribution in [0.4, 0.5) is 5.69 Å². The largest absolute Gasteiger partial charge is 0.382 e. The Morgan fingerprint density at radius 3 is 2.25 bits per heavy atom. The second-order valence-corrected chi connectivity index (χ2v) is 5.99. The summed E-state index contributed by atoms with van der Waals surface area (Å²) in [5, 5.41) is 3.63. The Balaban J connectivity index is 1.89. The number of rotatable bonds is 4. The standard InChI is InChI=1S/C17H26N2O/c1-19(2)17(20)13-14-9-11-16(12-10-14)18-15-7-5-3-4-6-8-15/h9-12,15,18H,3-8,13H2,1-2H3. The van der Waals surface area contributed by atoms with E-state index >= 15 is 0 Å². The summed E-state index contributed by atoms with van der Waals surface area (Å²) in [7, 11) is 3.59. The van der Waals surface area contributed by atoms with Gasteiger partial charge >= 0.3 is 0 Å². The highest BCUT2D eigenvalue weighted by Crippen LogP contribution is 2.21. The molecule has 0 atom stereocenters. The van der Waals surface area contributed by atoms with Crippen LogP contribution in [0.15, 0.2) is 24.3 Å². The molecule has 1 aromatic carbocycles. The summed E-state index contributed by atoms with van der Waals surface area (Å²) in [6, 6.07) is 8.93. The van der Waals surface area contributed by atoms with Gasteiger partial charge in [0.2, 0.25) is 5.91 Å². The first-order valence-corrected chi connectivity index (χ1v) is 7.71. The van der Waals surface area contributed by atoms with E-state index in [0.717, 1.165) is 5.56 Å². The van der Waals surface area contributed by atoms with Crippen molar-refractivity contribution in [2.45, 2.75) is 51.0 Å². The number of nitrogens with one attached hydrogen (secondary N) is 1. The van der Waals surface area contributed by atoms with Gasteiger partial charge in [-0.15, -0.1) is 0 Å². The van der Waals surface area contributed by atoms with E-state index in [1.807, 2.05) is 0 Å². The van der Waals surface area contributed by atoms with Gasteiger partial charge in [0.1, 0.15) is 0 Å². The maximum atomic E-state index is 11.7. The molecule has 0 spiro atoms. The maximum Gasteiger partial charge on any atom is 0.226 e. The molecule has 1 aliphatic carbocycles. The number of anilines is 1. The summed E-state index contributed by atoms with van der Waals surface area (Å²) in [6.45, 7) is 0. The highest BCUT2D eigenvalue weighted by Gasteiger charge is 2.12. The maximum absolute atomic E-state index is 11.7. The molecule has 1 amide bonds. The van der Waals surface area contributed by atoms with Gasteiger partial charge in [0.05, 0.1) is 6.42 Å². The van der Waals surface area contributed by atoms with Gasteiger partial charge in [-0.3, -0.25) is 4.79 Å². The Hall–Kier alpha value is -1.51. The molecular weight excluding hydrogens is 248 g/mol. The summed E-state index contributed by atoms with van der Waals surface area (Å²) in [4.78, 5) is 13.3. The lowest BCUT2D eigenvalue weighted by Gasteiger charge is -2.18. The Bertz CT molecular complexity index is 417. The molecule has 0 bridgehead atoms. The molecule has 0 aliphatic heterocycles. The molecule has 3 nitrogen and oxygen atoms in total. The van der Waals surface area contributed by atoms with Crippen LogP contribution in [0.1, 0.15) is 44.1 Å². The molecule has 0 heterocycles. The van der Waals surface area contributed by atoms with E-state index in [4.69, 9.17) is 0 Å². The smallest absolute Gasteiger partial charge is 0.226 e. The van der Waals surface area contributed by atoms with Crippen molar-refractivity contribution in [1.82, 2.24) is 4.90 Å². The first-order chi connectivity index (χ1) is 9.65. The van der Waals surface area contributed by atoms with Crippen LogP contribution in [-0.4, -0.2) is 30.9 Å². The second kappa shape index (κ2) is 7.32. The molecular formula is C17H26N2O.